The lowest BCUT2D eigenvalue weighted by Crippen LogP contribution is -2.30. The first-order valence-electron chi connectivity index (χ1n) is 9.86. The zero-order chi connectivity index (χ0) is 21.4. The Labute approximate surface area is 192 Å². The van der Waals surface area contributed by atoms with Gasteiger partial charge in [0.25, 0.3) is 5.91 Å². The number of thioether (sulfide) groups is 1. The number of hydrogen-bond acceptors (Lipinski definition) is 5. The summed E-state index contributed by atoms with van der Waals surface area (Å²) in [6, 6.07) is 21.4. The highest BCUT2D eigenvalue weighted by atomic mass is 79.9. The second kappa shape index (κ2) is 8.40. The Hall–Kier alpha value is -2.77. The van der Waals surface area contributed by atoms with Gasteiger partial charge in [0.2, 0.25) is 0 Å². The molecule has 1 fully saturated rings. The van der Waals surface area contributed by atoms with E-state index in [1.807, 2.05) is 71.6 Å². The minimum atomic E-state index is -0.0403. The lowest BCUT2D eigenvalue weighted by Gasteiger charge is -2.24. The monoisotopic (exact) mass is 494 g/mol. The van der Waals surface area contributed by atoms with Crippen LogP contribution in [-0.2, 0) is 0 Å². The quantitative estimate of drug-likeness (QED) is 0.340. The highest BCUT2D eigenvalue weighted by Gasteiger charge is 2.32. The molecule has 156 valence electrons. The number of fused-ring (bicyclic) bond motifs is 1. The molecule has 0 aliphatic carbocycles. The minimum Gasteiger partial charge on any atom is -0.496 e. The Balaban J connectivity index is 1.48. The molecule has 1 saturated heterocycles. The molecule has 0 bridgehead atoms. The molecule has 1 aromatic heterocycles. The van der Waals surface area contributed by atoms with Crippen molar-refractivity contribution < 1.29 is 14.1 Å². The Morgan fingerprint density at radius 1 is 1.16 bits per heavy atom. The predicted octanol–water partition coefficient (Wildman–Crippen LogP) is 6.15. The van der Waals surface area contributed by atoms with E-state index in [-0.39, 0.29) is 11.3 Å². The highest BCUT2D eigenvalue weighted by Crippen LogP contribution is 2.41. The summed E-state index contributed by atoms with van der Waals surface area (Å²) in [6.07, 6.45) is 0. The number of amides is 1. The van der Waals surface area contributed by atoms with Crippen molar-refractivity contribution in [2.75, 3.05) is 19.4 Å². The zero-order valence-electron chi connectivity index (χ0n) is 16.7. The summed E-state index contributed by atoms with van der Waals surface area (Å²) in [5.41, 5.74) is 3.38. The number of rotatable bonds is 4. The molecule has 1 aliphatic heterocycles. The van der Waals surface area contributed by atoms with Crippen LogP contribution in [-0.4, -0.2) is 35.4 Å². The average molecular weight is 495 g/mol. The summed E-state index contributed by atoms with van der Waals surface area (Å²) in [4.78, 5) is 15.4. The van der Waals surface area contributed by atoms with Gasteiger partial charge in [-0.1, -0.05) is 41.6 Å². The molecule has 3 aromatic carbocycles. The molecule has 1 unspecified atom stereocenters. The van der Waals surface area contributed by atoms with Crippen molar-refractivity contribution >= 4 is 44.5 Å². The lowest BCUT2D eigenvalue weighted by molar-refractivity contribution is 0.0760. The smallest absolute Gasteiger partial charge is 0.255 e. The average Bonchev–Trinajstić information content (AvgIpc) is 3.46. The second-order valence-corrected chi connectivity index (χ2v) is 9.27. The normalized spacial score (nSPS) is 16.1. The van der Waals surface area contributed by atoms with Crippen LogP contribution in [0.3, 0.4) is 0 Å². The van der Waals surface area contributed by atoms with E-state index in [9.17, 15) is 4.79 Å². The van der Waals surface area contributed by atoms with E-state index in [4.69, 9.17) is 9.26 Å². The third-order valence-electron chi connectivity index (χ3n) is 5.37. The van der Waals surface area contributed by atoms with E-state index >= 15 is 0 Å². The Morgan fingerprint density at radius 3 is 2.77 bits per heavy atom. The van der Waals surface area contributed by atoms with Gasteiger partial charge in [0.05, 0.1) is 17.0 Å². The van der Waals surface area contributed by atoms with Gasteiger partial charge in [-0.3, -0.25) is 4.79 Å². The molecule has 2 heterocycles. The maximum atomic E-state index is 13.5. The Kier molecular flexibility index (Phi) is 5.46. The van der Waals surface area contributed by atoms with Crippen molar-refractivity contribution in [1.29, 1.82) is 0 Å². The van der Waals surface area contributed by atoms with Gasteiger partial charge in [-0.05, 0) is 51.8 Å². The SMILES string of the molecule is COc1ccc(C2SCCN2C(=O)c2ccc3noc(-c4ccccc4)c3c2)cc1Br. The van der Waals surface area contributed by atoms with Crippen LogP contribution in [0, 0.1) is 0 Å². The topological polar surface area (TPSA) is 55.6 Å². The fraction of sp³-hybridized carbons (Fsp3) is 0.167. The van der Waals surface area contributed by atoms with Crippen LogP contribution >= 0.6 is 27.7 Å². The molecule has 0 saturated carbocycles. The second-order valence-electron chi connectivity index (χ2n) is 7.23. The molecule has 31 heavy (non-hydrogen) atoms. The van der Waals surface area contributed by atoms with E-state index in [0.717, 1.165) is 38.0 Å². The molecular weight excluding hydrogens is 476 g/mol. The first-order chi connectivity index (χ1) is 15.2. The third-order valence-corrected chi connectivity index (χ3v) is 7.25. The predicted molar refractivity (Wildman–Crippen MR) is 126 cm³/mol. The maximum absolute atomic E-state index is 13.5. The summed E-state index contributed by atoms with van der Waals surface area (Å²) >= 11 is 5.32. The van der Waals surface area contributed by atoms with Crippen LogP contribution in [0.2, 0.25) is 0 Å². The number of nitrogens with zero attached hydrogens (tertiary/aromatic N) is 2. The first kappa shape index (κ1) is 20.2. The number of methoxy groups -OCH3 is 1. The largest absolute Gasteiger partial charge is 0.496 e. The molecule has 1 atom stereocenters. The van der Waals surface area contributed by atoms with Crippen LogP contribution in [0.5, 0.6) is 5.75 Å². The number of carbonyl (C=O) groups is 1. The molecule has 4 aromatic rings. The summed E-state index contributed by atoms with van der Waals surface area (Å²) < 4.78 is 11.8. The molecule has 5 nitrogen and oxygen atoms in total. The molecular formula is C24H19BrN2O3S. The van der Waals surface area contributed by atoms with Crippen LogP contribution in [0.25, 0.3) is 22.2 Å². The number of hydrogen-bond donors (Lipinski definition) is 0. The van der Waals surface area contributed by atoms with Gasteiger partial charge in [-0.2, -0.15) is 0 Å². The van der Waals surface area contributed by atoms with Crippen molar-refractivity contribution in [2.24, 2.45) is 0 Å². The van der Waals surface area contributed by atoms with Crippen LogP contribution < -0.4 is 4.74 Å². The fourth-order valence-electron chi connectivity index (χ4n) is 3.83. The first-order valence-corrected chi connectivity index (χ1v) is 11.7. The van der Waals surface area contributed by atoms with Crippen molar-refractivity contribution in [2.45, 2.75) is 5.37 Å². The van der Waals surface area contributed by atoms with Crippen molar-refractivity contribution in [1.82, 2.24) is 10.1 Å². The van der Waals surface area contributed by atoms with E-state index in [1.54, 1.807) is 18.9 Å². The third kappa shape index (κ3) is 3.72. The Morgan fingerprint density at radius 2 is 2.00 bits per heavy atom. The molecule has 1 aliphatic rings. The van der Waals surface area contributed by atoms with Gasteiger partial charge in [-0.15, -0.1) is 11.8 Å². The summed E-state index contributed by atoms with van der Waals surface area (Å²) in [7, 11) is 1.64. The summed E-state index contributed by atoms with van der Waals surface area (Å²) in [6.45, 7) is 0.699. The number of benzene rings is 3. The lowest BCUT2D eigenvalue weighted by atomic mass is 10.1. The molecule has 1 amide bonds. The zero-order valence-corrected chi connectivity index (χ0v) is 19.2. The summed E-state index contributed by atoms with van der Waals surface area (Å²) in [5.74, 6) is 2.35. The molecule has 0 N–H and O–H groups in total. The van der Waals surface area contributed by atoms with E-state index in [1.165, 1.54) is 0 Å². The highest BCUT2D eigenvalue weighted by molar-refractivity contribution is 9.10. The van der Waals surface area contributed by atoms with Gasteiger partial charge in [0.15, 0.2) is 5.76 Å². The molecule has 5 rings (SSSR count). The van der Waals surface area contributed by atoms with Crippen molar-refractivity contribution in [3.8, 4) is 17.1 Å². The van der Waals surface area contributed by atoms with Crippen LogP contribution in [0.1, 0.15) is 21.3 Å². The molecule has 0 radical (unpaired) electrons. The van der Waals surface area contributed by atoms with Gasteiger partial charge in [0.1, 0.15) is 16.6 Å². The van der Waals surface area contributed by atoms with Gasteiger partial charge >= 0.3 is 0 Å². The number of carbonyl (C=O) groups excluding carboxylic acids is 1. The summed E-state index contributed by atoms with van der Waals surface area (Å²) in [5, 5.41) is 4.96. The van der Waals surface area contributed by atoms with Gasteiger partial charge < -0.3 is 14.2 Å². The number of ether oxygens (including phenoxy) is 1. The van der Waals surface area contributed by atoms with Crippen LogP contribution in [0.15, 0.2) is 75.7 Å². The van der Waals surface area contributed by atoms with Gasteiger partial charge in [0, 0.05) is 23.4 Å². The van der Waals surface area contributed by atoms with Gasteiger partial charge in [-0.25, -0.2) is 0 Å². The van der Waals surface area contributed by atoms with Crippen molar-refractivity contribution in [3.63, 3.8) is 0 Å². The minimum absolute atomic E-state index is 0.00375. The van der Waals surface area contributed by atoms with E-state index < -0.39 is 0 Å². The molecule has 0 spiro atoms. The maximum Gasteiger partial charge on any atom is 0.255 e. The van der Waals surface area contributed by atoms with Crippen LogP contribution in [0.4, 0.5) is 0 Å². The standard InChI is InChI=1S/C24H19BrN2O3S/c1-29-21-10-8-17(14-19(21)25)24-27(11-12-31-24)23(28)16-7-9-20-18(13-16)22(30-26-20)15-5-3-2-4-6-15/h2-10,13-14,24H,11-12H2,1H3. The fourth-order valence-corrected chi connectivity index (χ4v) is 5.63. The van der Waals surface area contributed by atoms with E-state index in [0.29, 0.717) is 17.9 Å². The number of halogens is 1. The molecule has 7 heteroatoms. The Bertz CT molecular complexity index is 1260. The number of aromatic nitrogens is 1. The van der Waals surface area contributed by atoms with Crippen molar-refractivity contribution in [3.05, 3.63) is 82.3 Å². The van der Waals surface area contributed by atoms with E-state index in [2.05, 4.69) is 21.1 Å².